The van der Waals surface area contributed by atoms with Crippen LogP contribution in [-0.2, 0) is 6.54 Å². The molecule has 0 atom stereocenters. The Morgan fingerprint density at radius 2 is 2.00 bits per heavy atom. The molecule has 1 N–H and O–H groups in total. The second-order valence-corrected chi connectivity index (χ2v) is 4.90. The number of halogens is 1. The van der Waals surface area contributed by atoms with E-state index in [2.05, 4.69) is 4.57 Å². The Bertz CT molecular complexity index is 849. The minimum atomic E-state index is -0.975. The SMILES string of the molecule is CCn1c2ccc(C(=O)O)cc2c2cc(F)cc(C)c21. The number of aryl methyl sites for hydroxylation is 2. The van der Waals surface area contributed by atoms with Crippen molar-refractivity contribution in [2.75, 3.05) is 0 Å². The highest BCUT2D eigenvalue weighted by molar-refractivity contribution is 6.10. The first-order chi connectivity index (χ1) is 9.52. The Labute approximate surface area is 115 Å². The summed E-state index contributed by atoms with van der Waals surface area (Å²) in [7, 11) is 0. The fourth-order valence-electron chi connectivity index (χ4n) is 2.87. The Kier molecular flexibility index (Phi) is 2.74. The fraction of sp³-hybridized carbons (Fsp3) is 0.188. The van der Waals surface area contributed by atoms with Gasteiger partial charge in [0.25, 0.3) is 0 Å². The molecule has 0 aliphatic rings. The summed E-state index contributed by atoms with van der Waals surface area (Å²) in [4.78, 5) is 11.1. The van der Waals surface area contributed by atoms with Crippen molar-refractivity contribution in [3.05, 3.63) is 47.3 Å². The number of carboxylic acid groups (broad SMARTS) is 1. The van der Waals surface area contributed by atoms with Gasteiger partial charge in [-0.2, -0.15) is 0 Å². The van der Waals surface area contributed by atoms with E-state index in [1.54, 1.807) is 18.2 Å². The predicted molar refractivity (Wildman–Crippen MR) is 76.8 cm³/mol. The zero-order valence-electron chi connectivity index (χ0n) is 11.3. The molecule has 102 valence electrons. The van der Waals surface area contributed by atoms with E-state index in [1.165, 1.54) is 12.1 Å². The lowest BCUT2D eigenvalue weighted by Gasteiger charge is -2.05. The lowest BCUT2D eigenvalue weighted by atomic mass is 10.1. The van der Waals surface area contributed by atoms with E-state index in [9.17, 15) is 9.18 Å². The number of rotatable bonds is 2. The van der Waals surface area contributed by atoms with E-state index in [-0.39, 0.29) is 11.4 Å². The largest absolute Gasteiger partial charge is 0.478 e. The van der Waals surface area contributed by atoms with E-state index >= 15 is 0 Å². The number of benzene rings is 2. The molecule has 0 saturated heterocycles. The lowest BCUT2D eigenvalue weighted by Crippen LogP contribution is -1.97. The van der Waals surface area contributed by atoms with E-state index in [0.717, 1.165) is 33.9 Å². The maximum absolute atomic E-state index is 13.7. The highest BCUT2D eigenvalue weighted by atomic mass is 19.1. The number of carboxylic acids is 1. The molecule has 0 unspecified atom stereocenters. The second kappa shape index (κ2) is 4.34. The Balaban J connectivity index is 2.54. The van der Waals surface area contributed by atoms with Crippen LogP contribution in [0, 0.1) is 12.7 Å². The van der Waals surface area contributed by atoms with Crippen molar-refractivity contribution in [1.29, 1.82) is 0 Å². The minimum absolute atomic E-state index is 0.217. The van der Waals surface area contributed by atoms with Gasteiger partial charge in [0.2, 0.25) is 0 Å². The van der Waals surface area contributed by atoms with Gasteiger partial charge < -0.3 is 9.67 Å². The first kappa shape index (κ1) is 12.7. The van der Waals surface area contributed by atoms with Crippen molar-refractivity contribution < 1.29 is 14.3 Å². The summed E-state index contributed by atoms with van der Waals surface area (Å²) >= 11 is 0. The quantitative estimate of drug-likeness (QED) is 0.766. The molecule has 20 heavy (non-hydrogen) atoms. The zero-order valence-corrected chi connectivity index (χ0v) is 11.3. The minimum Gasteiger partial charge on any atom is -0.478 e. The van der Waals surface area contributed by atoms with Crippen LogP contribution in [0.25, 0.3) is 21.8 Å². The van der Waals surface area contributed by atoms with Crippen LogP contribution in [0.4, 0.5) is 4.39 Å². The van der Waals surface area contributed by atoms with Gasteiger partial charge in [0, 0.05) is 22.8 Å². The number of nitrogens with zero attached hydrogens (tertiary/aromatic N) is 1. The van der Waals surface area contributed by atoms with Crippen LogP contribution in [0.2, 0.25) is 0 Å². The molecule has 3 nitrogen and oxygen atoms in total. The smallest absolute Gasteiger partial charge is 0.335 e. The molecule has 0 bridgehead atoms. The number of hydrogen-bond acceptors (Lipinski definition) is 1. The van der Waals surface area contributed by atoms with Gasteiger partial charge in [0.15, 0.2) is 0 Å². The number of aromatic carboxylic acids is 1. The molecule has 0 radical (unpaired) electrons. The molecule has 0 aliphatic heterocycles. The average Bonchev–Trinajstić information content (AvgIpc) is 2.72. The van der Waals surface area contributed by atoms with Gasteiger partial charge in [-0.3, -0.25) is 0 Å². The van der Waals surface area contributed by atoms with Crippen LogP contribution in [0.1, 0.15) is 22.8 Å². The number of hydrogen-bond donors (Lipinski definition) is 1. The first-order valence-electron chi connectivity index (χ1n) is 6.48. The average molecular weight is 271 g/mol. The van der Waals surface area contributed by atoms with E-state index in [0.29, 0.717) is 0 Å². The zero-order chi connectivity index (χ0) is 14.4. The number of aromatic nitrogens is 1. The van der Waals surface area contributed by atoms with Crippen LogP contribution in [0.3, 0.4) is 0 Å². The van der Waals surface area contributed by atoms with Crippen LogP contribution in [0.5, 0.6) is 0 Å². The van der Waals surface area contributed by atoms with Gasteiger partial charge in [-0.05, 0) is 49.7 Å². The predicted octanol–water partition coefficient (Wildman–Crippen LogP) is 3.96. The highest BCUT2D eigenvalue weighted by Crippen LogP contribution is 2.32. The first-order valence-corrected chi connectivity index (χ1v) is 6.48. The van der Waals surface area contributed by atoms with Gasteiger partial charge in [-0.1, -0.05) is 0 Å². The molecular weight excluding hydrogens is 257 g/mol. The highest BCUT2D eigenvalue weighted by Gasteiger charge is 2.14. The standard InChI is InChI=1S/C16H14FNO2/c1-3-18-14-5-4-10(16(19)20)7-12(14)13-8-11(17)6-9(2)15(13)18/h4-8H,3H2,1-2H3,(H,19,20). The van der Waals surface area contributed by atoms with Crippen molar-refractivity contribution in [3.63, 3.8) is 0 Å². The molecule has 3 rings (SSSR count). The molecule has 3 aromatic rings. The molecule has 0 fully saturated rings. The van der Waals surface area contributed by atoms with Crippen molar-refractivity contribution in [1.82, 2.24) is 4.57 Å². The van der Waals surface area contributed by atoms with E-state index < -0.39 is 5.97 Å². The third-order valence-electron chi connectivity index (χ3n) is 3.68. The molecule has 4 heteroatoms. The van der Waals surface area contributed by atoms with Gasteiger partial charge in [0.1, 0.15) is 5.82 Å². The van der Waals surface area contributed by atoms with Crippen LogP contribution >= 0.6 is 0 Å². The summed E-state index contributed by atoms with van der Waals surface area (Å²) in [5.41, 5.74) is 2.97. The molecule has 0 spiro atoms. The van der Waals surface area contributed by atoms with Crippen molar-refractivity contribution in [3.8, 4) is 0 Å². The van der Waals surface area contributed by atoms with Crippen molar-refractivity contribution >= 4 is 27.8 Å². The second-order valence-electron chi connectivity index (χ2n) is 4.90. The van der Waals surface area contributed by atoms with E-state index in [4.69, 9.17) is 5.11 Å². The molecule has 0 saturated carbocycles. The van der Waals surface area contributed by atoms with Crippen molar-refractivity contribution in [2.24, 2.45) is 0 Å². The van der Waals surface area contributed by atoms with Gasteiger partial charge in [-0.25, -0.2) is 9.18 Å². The third-order valence-corrected chi connectivity index (χ3v) is 3.68. The van der Waals surface area contributed by atoms with Gasteiger partial charge in [0.05, 0.1) is 11.1 Å². The fourth-order valence-corrected chi connectivity index (χ4v) is 2.87. The topological polar surface area (TPSA) is 42.2 Å². The summed E-state index contributed by atoms with van der Waals surface area (Å²) < 4.78 is 15.8. The molecule has 2 aromatic carbocycles. The maximum Gasteiger partial charge on any atom is 0.335 e. The van der Waals surface area contributed by atoms with E-state index in [1.807, 2.05) is 13.8 Å². The van der Waals surface area contributed by atoms with Gasteiger partial charge >= 0.3 is 5.97 Å². The Morgan fingerprint density at radius 1 is 1.25 bits per heavy atom. The summed E-state index contributed by atoms with van der Waals surface area (Å²) in [6.45, 7) is 4.64. The lowest BCUT2D eigenvalue weighted by molar-refractivity contribution is 0.0697. The molecule has 0 aliphatic carbocycles. The monoisotopic (exact) mass is 271 g/mol. The molecule has 1 aromatic heterocycles. The summed E-state index contributed by atoms with van der Waals surface area (Å²) in [5.74, 6) is -1.27. The Hall–Kier alpha value is -2.36. The van der Waals surface area contributed by atoms with Crippen LogP contribution < -0.4 is 0 Å². The normalized spacial score (nSPS) is 11.3. The Morgan fingerprint density at radius 3 is 2.65 bits per heavy atom. The molecule has 0 amide bonds. The van der Waals surface area contributed by atoms with Crippen LogP contribution in [-0.4, -0.2) is 15.6 Å². The summed E-state index contributed by atoms with van der Waals surface area (Å²) in [5, 5.41) is 10.7. The van der Waals surface area contributed by atoms with Crippen LogP contribution in [0.15, 0.2) is 30.3 Å². The number of fused-ring (bicyclic) bond motifs is 3. The third kappa shape index (κ3) is 1.68. The van der Waals surface area contributed by atoms with Crippen molar-refractivity contribution in [2.45, 2.75) is 20.4 Å². The van der Waals surface area contributed by atoms with Gasteiger partial charge in [-0.15, -0.1) is 0 Å². The number of carbonyl (C=O) groups is 1. The summed E-state index contributed by atoms with van der Waals surface area (Å²) in [6.07, 6.45) is 0. The summed E-state index contributed by atoms with van der Waals surface area (Å²) in [6, 6.07) is 7.97. The maximum atomic E-state index is 13.7. The molecule has 1 heterocycles. The molecular formula is C16H14FNO2.